The van der Waals surface area contributed by atoms with Crippen LogP contribution in [0.5, 0.6) is 5.75 Å². The molecule has 6 nitrogen and oxygen atoms in total. The molecule has 0 bridgehead atoms. The fraction of sp³-hybridized carbons (Fsp3) is 0.625. The highest BCUT2D eigenvalue weighted by Crippen LogP contribution is 2.17. The minimum absolute atomic E-state index is 0.159. The summed E-state index contributed by atoms with van der Waals surface area (Å²) in [5, 5.41) is 0. The van der Waals surface area contributed by atoms with E-state index in [2.05, 4.69) is 23.5 Å². The maximum Gasteiger partial charge on any atom is 0.240 e. The molecule has 0 spiro atoms. The molecule has 0 radical (unpaired) electrons. The number of nitrogens with zero attached hydrogens (tertiary/aromatic N) is 1. The number of hydrogen-bond acceptors (Lipinski definition) is 5. The van der Waals surface area contributed by atoms with Crippen molar-refractivity contribution in [2.75, 3.05) is 40.0 Å². The zero-order chi connectivity index (χ0) is 16.9. The summed E-state index contributed by atoms with van der Waals surface area (Å²) in [6.45, 7) is 7.71. The van der Waals surface area contributed by atoms with Gasteiger partial charge in [0.15, 0.2) is 0 Å². The molecular formula is C16H26N2O4S. The zero-order valence-electron chi connectivity index (χ0n) is 14.0. The molecule has 1 N–H and O–H groups in total. The van der Waals surface area contributed by atoms with Crippen LogP contribution >= 0.6 is 0 Å². The van der Waals surface area contributed by atoms with Gasteiger partial charge in [0, 0.05) is 25.7 Å². The molecule has 1 aromatic carbocycles. The zero-order valence-corrected chi connectivity index (χ0v) is 14.8. The van der Waals surface area contributed by atoms with Crippen molar-refractivity contribution >= 4 is 10.0 Å². The summed E-state index contributed by atoms with van der Waals surface area (Å²) in [7, 11) is -1.96. The Kier molecular flexibility index (Phi) is 6.41. The van der Waals surface area contributed by atoms with E-state index in [1.807, 2.05) is 0 Å². The van der Waals surface area contributed by atoms with Crippen molar-refractivity contribution in [3.63, 3.8) is 0 Å². The van der Waals surface area contributed by atoms with Crippen LogP contribution in [-0.4, -0.2) is 59.3 Å². The molecule has 1 heterocycles. The van der Waals surface area contributed by atoms with E-state index < -0.39 is 10.0 Å². The lowest BCUT2D eigenvalue weighted by atomic mass is 10.0. The minimum atomic E-state index is -3.52. The molecule has 1 atom stereocenters. The van der Waals surface area contributed by atoms with Crippen LogP contribution in [0.4, 0.5) is 0 Å². The molecule has 7 heteroatoms. The number of ether oxygens (including phenoxy) is 2. The van der Waals surface area contributed by atoms with Gasteiger partial charge in [-0.25, -0.2) is 13.1 Å². The van der Waals surface area contributed by atoms with Crippen LogP contribution in [0.1, 0.15) is 13.8 Å². The van der Waals surface area contributed by atoms with E-state index in [0.29, 0.717) is 31.4 Å². The van der Waals surface area contributed by atoms with Crippen molar-refractivity contribution in [2.45, 2.75) is 24.8 Å². The lowest BCUT2D eigenvalue weighted by Crippen LogP contribution is -2.51. The van der Waals surface area contributed by atoms with Gasteiger partial charge in [0.1, 0.15) is 5.75 Å². The van der Waals surface area contributed by atoms with E-state index in [4.69, 9.17) is 9.47 Å². The van der Waals surface area contributed by atoms with Gasteiger partial charge in [-0.15, -0.1) is 0 Å². The first-order valence-corrected chi connectivity index (χ1v) is 9.38. The summed E-state index contributed by atoms with van der Waals surface area (Å²) in [6.07, 6.45) is 0. The highest BCUT2D eigenvalue weighted by atomic mass is 32.2. The summed E-state index contributed by atoms with van der Waals surface area (Å²) >= 11 is 0. The predicted molar refractivity (Wildman–Crippen MR) is 89.2 cm³/mol. The standard InChI is InChI=1S/C16H26N2O4S/c1-13(2)16(18-8-10-22-11-9-18)12-17-23(19,20)15-6-4-14(21-3)5-7-15/h4-7,13,16-17H,8-12H2,1-3H3. The van der Waals surface area contributed by atoms with Gasteiger partial charge in [-0.2, -0.15) is 0 Å². The molecule has 1 aromatic rings. The molecular weight excluding hydrogens is 316 g/mol. The second kappa shape index (κ2) is 8.10. The van der Waals surface area contributed by atoms with E-state index in [1.54, 1.807) is 31.4 Å². The lowest BCUT2D eigenvalue weighted by Gasteiger charge is -2.36. The third-order valence-corrected chi connectivity index (χ3v) is 5.58. The molecule has 0 saturated carbocycles. The average molecular weight is 342 g/mol. The smallest absolute Gasteiger partial charge is 0.240 e. The number of benzene rings is 1. The van der Waals surface area contributed by atoms with Gasteiger partial charge < -0.3 is 9.47 Å². The summed E-state index contributed by atoms with van der Waals surface area (Å²) in [5.74, 6) is 0.990. The molecule has 1 aliphatic heterocycles. The summed E-state index contributed by atoms with van der Waals surface area (Å²) in [5.41, 5.74) is 0. The van der Waals surface area contributed by atoms with Gasteiger partial charge in [-0.1, -0.05) is 13.8 Å². The molecule has 1 aliphatic rings. The Hall–Kier alpha value is -1.15. The Labute approximate surface area is 138 Å². The van der Waals surface area contributed by atoms with Gasteiger partial charge in [0.05, 0.1) is 25.2 Å². The third kappa shape index (κ3) is 4.91. The van der Waals surface area contributed by atoms with Crippen molar-refractivity contribution in [3.8, 4) is 5.75 Å². The van der Waals surface area contributed by atoms with Crippen LogP contribution in [0.15, 0.2) is 29.2 Å². The molecule has 1 fully saturated rings. The lowest BCUT2D eigenvalue weighted by molar-refractivity contribution is 0.00776. The van der Waals surface area contributed by atoms with Crippen LogP contribution in [0.25, 0.3) is 0 Å². The summed E-state index contributed by atoms with van der Waals surface area (Å²) in [6, 6.07) is 6.57. The van der Waals surface area contributed by atoms with E-state index in [9.17, 15) is 8.42 Å². The third-order valence-electron chi connectivity index (χ3n) is 4.14. The molecule has 1 unspecified atom stereocenters. The Balaban J connectivity index is 2.02. The monoisotopic (exact) mass is 342 g/mol. The number of methoxy groups -OCH3 is 1. The number of rotatable bonds is 7. The van der Waals surface area contributed by atoms with Crippen LogP contribution in [-0.2, 0) is 14.8 Å². The average Bonchev–Trinajstić information content (AvgIpc) is 2.55. The molecule has 0 aliphatic carbocycles. The summed E-state index contributed by atoms with van der Waals surface area (Å²) < 4.78 is 38.1. The van der Waals surface area contributed by atoms with Gasteiger partial charge in [0.25, 0.3) is 0 Å². The molecule has 1 saturated heterocycles. The normalized spacial score (nSPS) is 18.1. The van der Waals surface area contributed by atoms with Crippen LogP contribution in [0.2, 0.25) is 0 Å². The molecule has 2 rings (SSSR count). The number of hydrogen-bond donors (Lipinski definition) is 1. The number of sulfonamides is 1. The fourth-order valence-electron chi connectivity index (χ4n) is 2.73. The minimum Gasteiger partial charge on any atom is -0.497 e. The molecule has 23 heavy (non-hydrogen) atoms. The van der Waals surface area contributed by atoms with Gasteiger partial charge >= 0.3 is 0 Å². The SMILES string of the molecule is COc1ccc(S(=O)(=O)NCC(C(C)C)N2CCOCC2)cc1. The van der Waals surface area contributed by atoms with Crippen molar-refractivity contribution in [3.05, 3.63) is 24.3 Å². The maximum atomic E-state index is 12.4. The van der Waals surface area contributed by atoms with E-state index in [-0.39, 0.29) is 10.9 Å². The highest BCUT2D eigenvalue weighted by molar-refractivity contribution is 7.89. The van der Waals surface area contributed by atoms with Crippen molar-refractivity contribution < 1.29 is 17.9 Å². The van der Waals surface area contributed by atoms with Crippen molar-refractivity contribution in [1.82, 2.24) is 9.62 Å². The largest absolute Gasteiger partial charge is 0.497 e. The Bertz CT molecular complexity index is 581. The van der Waals surface area contributed by atoms with E-state index in [0.717, 1.165) is 13.1 Å². The van der Waals surface area contributed by atoms with E-state index >= 15 is 0 Å². The predicted octanol–water partition coefficient (Wildman–Crippen LogP) is 1.33. The Morgan fingerprint density at radius 3 is 2.35 bits per heavy atom. The van der Waals surface area contributed by atoms with Crippen molar-refractivity contribution in [1.29, 1.82) is 0 Å². The quantitative estimate of drug-likeness (QED) is 0.810. The molecule has 0 aromatic heterocycles. The first kappa shape index (κ1) is 18.2. The molecule has 130 valence electrons. The second-order valence-corrected chi connectivity index (χ2v) is 7.75. The fourth-order valence-corrected chi connectivity index (χ4v) is 3.78. The van der Waals surface area contributed by atoms with Crippen molar-refractivity contribution in [2.24, 2.45) is 5.92 Å². The number of morpholine rings is 1. The van der Waals surface area contributed by atoms with Crippen LogP contribution in [0, 0.1) is 5.92 Å². The maximum absolute atomic E-state index is 12.4. The first-order valence-electron chi connectivity index (χ1n) is 7.89. The van der Waals surface area contributed by atoms with Crippen LogP contribution in [0.3, 0.4) is 0 Å². The van der Waals surface area contributed by atoms with Crippen LogP contribution < -0.4 is 9.46 Å². The highest BCUT2D eigenvalue weighted by Gasteiger charge is 2.25. The first-order chi connectivity index (χ1) is 10.9. The van der Waals surface area contributed by atoms with Gasteiger partial charge in [-0.3, -0.25) is 4.90 Å². The summed E-state index contributed by atoms with van der Waals surface area (Å²) in [4.78, 5) is 2.55. The molecule has 0 amide bonds. The topological polar surface area (TPSA) is 67.9 Å². The van der Waals surface area contributed by atoms with E-state index in [1.165, 1.54) is 0 Å². The van der Waals surface area contributed by atoms with Gasteiger partial charge in [0.2, 0.25) is 10.0 Å². The Morgan fingerprint density at radius 1 is 1.22 bits per heavy atom. The van der Waals surface area contributed by atoms with Gasteiger partial charge in [-0.05, 0) is 30.2 Å². The number of nitrogens with one attached hydrogen (secondary N) is 1. The second-order valence-electron chi connectivity index (χ2n) is 5.99. The Morgan fingerprint density at radius 2 is 1.83 bits per heavy atom.